The molecule has 3 aromatic rings. The van der Waals surface area contributed by atoms with Gasteiger partial charge in [-0.1, -0.05) is 0 Å². The van der Waals surface area contributed by atoms with E-state index < -0.39 is 0 Å². The third kappa shape index (κ3) is 2.12. The quantitative estimate of drug-likeness (QED) is 0.725. The van der Waals surface area contributed by atoms with Crippen LogP contribution in [0.4, 0.5) is 10.1 Å². The molecule has 1 aliphatic carbocycles. The van der Waals surface area contributed by atoms with Crippen molar-refractivity contribution in [3.63, 3.8) is 0 Å². The molecule has 2 atom stereocenters. The van der Waals surface area contributed by atoms with Gasteiger partial charge in [-0.3, -0.25) is 0 Å². The van der Waals surface area contributed by atoms with Crippen LogP contribution in [0.25, 0.3) is 16.8 Å². The van der Waals surface area contributed by atoms with Crippen molar-refractivity contribution in [2.24, 2.45) is 5.92 Å². The first-order valence-electron chi connectivity index (χ1n) is 8.69. The molecule has 3 heterocycles. The predicted molar refractivity (Wildman–Crippen MR) is 95.0 cm³/mol. The van der Waals surface area contributed by atoms with Gasteiger partial charge in [0.1, 0.15) is 11.5 Å². The van der Waals surface area contributed by atoms with Crippen molar-refractivity contribution >= 4 is 11.3 Å². The van der Waals surface area contributed by atoms with E-state index in [-0.39, 0.29) is 16.9 Å². The Morgan fingerprint density at radius 1 is 1.36 bits per heavy atom. The van der Waals surface area contributed by atoms with Gasteiger partial charge in [-0.2, -0.15) is 0 Å². The maximum Gasteiger partial charge on any atom is 0.146 e. The monoisotopic (exact) mass is 337 g/mol. The number of anilines is 1. The standard InChI is InChI=1S/C20H20FN3O/c1-12-6-17(21)18(22)8-15(12)13-7-16(19-23-3-4-24(19)10-13)20-2-5-25-11-14(20)9-20/h3-4,6-8,10,14H,2,5,9,11,22H2,1H3. The zero-order chi connectivity index (χ0) is 17.2. The summed E-state index contributed by atoms with van der Waals surface area (Å²) in [5.41, 5.74) is 11.4. The van der Waals surface area contributed by atoms with Crippen LogP contribution in [-0.4, -0.2) is 22.6 Å². The smallest absolute Gasteiger partial charge is 0.146 e. The molecular weight excluding hydrogens is 317 g/mol. The molecule has 5 heteroatoms. The van der Waals surface area contributed by atoms with Gasteiger partial charge in [0.25, 0.3) is 0 Å². The fourth-order valence-electron chi connectivity index (χ4n) is 4.40. The fraction of sp³-hybridized carbons (Fsp3) is 0.350. The summed E-state index contributed by atoms with van der Waals surface area (Å²) >= 11 is 0. The summed E-state index contributed by atoms with van der Waals surface area (Å²) in [5.74, 6) is 0.215. The number of pyridine rings is 1. The van der Waals surface area contributed by atoms with E-state index >= 15 is 0 Å². The van der Waals surface area contributed by atoms with Crippen molar-refractivity contribution in [1.82, 2.24) is 9.38 Å². The minimum atomic E-state index is -0.365. The lowest BCUT2D eigenvalue weighted by molar-refractivity contribution is 0.0804. The average Bonchev–Trinajstić information content (AvgIpc) is 3.17. The largest absolute Gasteiger partial charge is 0.396 e. The van der Waals surface area contributed by atoms with E-state index in [1.165, 1.54) is 11.6 Å². The number of halogens is 1. The van der Waals surface area contributed by atoms with Crippen molar-refractivity contribution in [3.05, 3.63) is 53.7 Å². The van der Waals surface area contributed by atoms with Crippen LogP contribution in [0.2, 0.25) is 0 Å². The molecular formula is C20H20FN3O. The summed E-state index contributed by atoms with van der Waals surface area (Å²) in [6.07, 6.45) is 8.05. The molecule has 2 N–H and O–H groups in total. The van der Waals surface area contributed by atoms with Crippen LogP contribution in [0.5, 0.6) is 0 Å². The lowest BCUT2D eigenvalue weighted by Gasteiger charge is -2.24. The third-order valence-corrected chi connectivity index (χ3v) is 5.92. The molecule has 1 aromatic carbocycles. The number of fused-ring (bicyclic) bond motifs is 2. The number of nitrogens with two attached hydrogens (primary N) is 1. The van der Waals surface area contributed by atoms with Crippen molar-refractivity contribution in [2.45, 2.75) is 25.2 Å². The van der Waals surface area contributed by atoms with E-state index in [0.29, 0.717) is 5.92 Å². The van der Waals surface area contributed by atoms with Crippen molar-refractivity contribution < 1.29 is 9.13 Å². The zero-order valence-corrected chi connectivity index (χ0v) is 14.1. The SMILES string of the molecule is Cc1cc(F)c(N)cc1-c1cc(C23CCOCC2C3)c2nccn2c1. The van der Waals surface area contributed by atoms with Gasteiger partial charge in [0.05, 0.1) is 12.3 Å². The lowest BCUT2D eigenvalue weighted by atomic mass is 9.87. The number of benzene rings is 1. The van der Waals surface area contributed by atoms with E-state index in [4.69, 9.17) is 10.5 Å². The highest BCUT2D eigenvalue weighted by molar-refractivity contribution is 5.74. The lowest BCUT2D eigenvalue weighted by Crippen LogP contribution is -2.22. The van der Waals surface area contributed by atoms with Gasteiger partial charge in [0.15, 0.2) is 0 Å². The first-order chi connectivity index (χ1) is 12.1. The number of ether oxygens (including phenoxy) is 1. The Morgan fingerprint density at radius 3 is 3.08 bits per heavy atom. The van der Waals surface area contributed by atoms with Crippen molar-refractivity contribution in [2.75, 3.05) is 18.9 Å². The fourth-order valence-corrected chi connectivity index (χ4v) is 4.40. The second kappa shape index (κ2) is 5.05. The topological polar surface area (TPSA) is 52.5 Å². The van der Waals surface area contributed by atoms with Crippen LogP contribution in [0, 0.1) is 18.7 Å². The van der Waals surface area contributed by atoms with E-state index in [9.17, 15) is 4.39 Å². The van der Waals surface area contributed by atoms with Crippen LogP contribution in [0.15, 0.2) is 36.8 Å². The number of rotatable bonds is 2. The Labute approximate surface area is 145 Å². The summed E-state index contributed by atoms with van der Waals surface area (Å²) in [5, 5.41) is 0. The van der Waals surface area contributed by atoms with Crippen LogP contribution < -0.4 is 5.73 Å². The van der Waals surface area contributed by atoms with Crippen LogP contribution in [0.1, 0.15) is 24.0 Å². The highest BCUT2D eigenvalue weighted by Gasteiger charge is 2.57. The molecule has 1 aliphatic heterocycles. The second-order valence-electron chi connectivity index (χ2n) is 7.37. The number of aromatic nitrogens is 2. The highest BCUT2D eigenvalue weighted by atomic mass is 19.1. The minimum Gasteiger partial charge on any atom is -0.396 e. The molecule has 25 heavy (non-hydrogen) atoms. The Bertz CT molecular complexity index is 996. The first kappa shape index (κ1) is 14.9. The van der Waals surface area contributed by atoms with Crippen LogP contribution >= 0.6 is 0 Å². The molecule has 0 spiro atoms. The third-order valence-electron chi connectivity index (χ3n) is 5.92. The van der Waals surface area contributed by atoms with Gasteiger partial charge in [-0.05, 0) is 60.6 Å². The van der Waals surface area contributed by atoms with Gasteiger partial charge in [0.2, 0.25) is 0 Å². The van der Waals surface area contributed by atoms with E-state index in [1.807, 2.05) is 19.3 Å². The maximum absolute atomic E-state index is 13.8. The van der Waals surface area contributed by atoms with Gasteiger partial charge < -0.3 is 14.9 Å². The number of hydrogen-bond donors (Lipinski definition) is 1. The number of nitrogens with zero attached hydrogens (tertiary/aromatic N) is 2. The first-order valence-corrected chi connectivity index (χ1v) is 8.69. The molecule has 0 bridgehead atoms. The molecule has 5 rings (SSSR count). The van der Waals surface area contributed by atoms with Crippen LogP contribution in [0.3, 0.4) is 0 Å². The zero-order valence-electron chi connectivity index (χ0n) is 14.1. The summed E-state index contributed by atoms with van der Waals surface area (Å²) in [4.78, 5) is 4.59. The predicted octanol–water partition coefficient (Wildman–Crippen LogP) is 3.71. The van der Waals surface area contributed by atoms with E-state index in [2.05, 4.69) is 21.6 Å². The summed E-state index contributed by atoms with van der Waals surface area (Å²) in [6.45, 7) is 3.55. The van der Waals surface area contributed by atoms with Gasteiger partial charge in [0, 0.05) is 36.2 Å². The molecule has 2 aromatic heterocycles. The van der Waals surface area contributed by atoms with Gasteiger partial charge in [-0.15, -0.1) is 0 Å². The number of nitrogen functional groups attached to an aromatic ring is 1. The van der Waals surface area contributed by atoms with Crippen molar-refractivity contribution in [3.8, 4) is 11.1 Å². The van der Waals surface area contributed by atoms with Crippen molar-refractivity contribution in [1.29, 1.82) is 0 Å². The highest BCUT2D eigenvalue weighted by Crippen LogP contribution is 2.59. The van der Waals surface area contributed by atoms with Gasteiger partial charge >= 0.3 is 0 Å². The van der Waals surface area contributed by atoms with E-state index in [1.54, 1.807) is 6.07 Å². The Morgan fingerprint density at radius 2 is 2.24 bits per heavy atom. The molecule has 0 radical (unpaired) electrons. The molecule has 1 saturated heterocycles. The molecule has 0 amide bonds. The molecule has 2 fully saturated rings. The summed E-state index contributed by atoms with van der Waals surface area (Å²) in [6, 6.07) is 5.47. The number of aryl methyl sites for hydroxylation is 1. The Kier molecular flexibility index (Phi) is 3.01. The normalized spacial score (nSPS) is 25.1. The summed E-state index contributed by atoms with van der Waals surface area (Å²) < 4.78 is 21.5. The molecule has 2 unspecified atom stereocenters. The Hall–Kier alpha value is -2.40. The molecule has 1 saturated carbocycles. The second-order valence-corrected chi connectivity index (χ2v) is 7.37. The minimum absolute atomic E-state index is 0.181. The molecule has 4 nitrogen and oxygen atoms in total. The summed E-state index contributed by atoms with van der Waals surface area (Å²) in [7, 11) is 0. The van der Waals surface area contributed by atoms with Gasteiger partial charge in [-0.25, -0.2) is 9.37 Å². The average molecular weight is 337 g/mol. The Balaban J connectivity index is 1.72. The number of hydrogen-bond acceptors (Lipinski definition) is 3. The molecule has 2 aliphatic rings. The van der Waals surface area contributed by atoms with E-state index in [0.717, 1.165) is 48.4 Å². The number of imidazole rings is 1. The van der Waals surface area contributed by atoms with Crippen LogP contribution in [-0.2, 0) is 10.2 Å². The molecule has 128 valence electrons. The maximum atomic E-state index is 13.8.